The van der Waals surface area contributed by atoms with Crippen molar-refractivity contribution >= 4 is 97.1 Å². The van der Waals surface area contributed by atoms with Gasteiger partial charge in [0, 0.05) is 44.1 Å². The second-order valence-corrected chi connectivity index (χ2v) is 42.8. The number of esters is 2. The minimum absolute atomic E-state index is 0.0931. The average Bonchev–Trinajstić information content (AvgIpc) is 1.79. The van der Waals surface area contributed by atoms with Gasteiger partial charge in [0.15, 0.2) is 8.32 Å². The quantitative estimate of drug-likeness (QED) is 0.00752. The fraction of sp³-hybridized carbons (Fsp3) is 0.598. The highest BCUT2D eigenvalue weighted by molar-refractivity contribution is 6.74. The van der Waals surface area contributed by atoms with Gasteiger partial charge in [0.2, 0.25) is 5.91 Å². The van der Waals surface area contributed by atoms with E-state index in [0.29, 0.717) is 78.1 Å². The number of nitrogens with one attached hydrogen (secondary N) is 4. The predicted octanol–water partition coefficient (Wildman–Crippen LogP) is 19.4. The largest absolute Gasteiger partial charge is 0.444 e. The maximum absolute atomic E-state index is 15.2. The van der Waals surface area contributed by atoms with E-state index < -0.39 is 86.3 Å². The molecule has 4 saturated carbocycles. The molecule has 0 radical (unpaired) electrons. The Hall–Kier alpha value is -9.64. The lowest BCUT2D eigenvalue weighted by Crippen LogP contribution is -2.44. The van der Waals surface area contributed by atoms with E-state index in [-0.39, 0.29) is 147 Å². The highest BCUT2D eigenvalue weighted by atomic mass is 35.5. The van der Waals surface area contributed by atoms with E-state index in [0.717, 1.165) is 94.1 Å². The lowest BCUT2D eigenvalue weighted by atomic mass is 9.79. The summed E-state index contributed by atoms with van der Waals surface area (Å²) in [7, 11) is -1.82. The van der Waals surface area contributed by atoms with E-state index in [1.807, 2.05) is 30.3 Å². The molecule has 4 atom stereocenters. The fourth-order valence-corrected chi connectivity index (χ4v) is 17.1. The van der Waals surface area contributed by atoms with E-state index in [4.69, 9.17) is 55.3 Å². The summed E-state index contributed by atoms with van der Waals surface area (Å²) in [6, 6.07) is 29.1. The second-order valence-electron chi connectivity index (χ2n) is 37.7. The SMILES string of the molecule is CC(C)(C)OC(=O)NC[C@H](O)CCl.CC(C)(C)OC(=O)NC[C@H]1CN(c2ccc(C3CCC(O[Si](C)(C)C(C)(C)C)CC3)c(F)c2)C(=O)O1.CC1CCC(c2ccc(NC(=O)OCc3ccccc3)cc2F)CC1.CCC(=O)NC[C@H]1CN(c2ccc(C3CCC(O)CC3)c(F)c2)C(=O)O1.CCC(=O)OC(=O)CC.NC[C@H]1CN(c2ccc(C3CCC(O)CC3)c(F)c2)C(=O)O1. The number of benzene rings is 5. The highest BCUT2D eigenvalue weighted by Gasteiger charge is 2.42. The first-order valence-electron chi connectivity index (χ1n) is 45.8. The van der Waals surface area contributed by atoms with Crippen LogP contribution in [0.1, 0.15) is 263 Å². The van der Waals surface area contributed by atoms with Crippen LogP contribution in [0.15, 0.2) is 103 Å². The molecule has 0 bridgehead atoms. The molecule has 28 nitrogen and oxygen atoms in total. The molecule has 5 aromatic rings. The molecule has 3 aliphatic heterocycles. The number of aliphatic hydroxyl groups is 3. The molecular weight excluding hydrogens is 1740 g/mol. The summed E-state index contributed by atoms with van der Waals surface area (Å²) >= 11 is 5.33. The van der Waals surface area contributed by atoms with Gasteiger partial charge in [-0.2, -0.15) is 0 Å². The number of hydrogen-bond acceptors (Lipinski definition) is 21. The number of amides is 7. The Labute approximate surface area is 774 Å². The Balaban J connectivity index is 0.000000224. The number of ether oxygens (including phenoxy) is 7. The number of carbonyl (C=O) groups excluding carboxylic acids is 9. The van der Waals surface area contributed by atoms with Crippen LogP contribution < -0.4 is 41.7 Å². The van der Waals surface area contributed by atoms with Gasteiger partial charge in [-0.05, 0) is 256 Å². The van der Waals surface area contributed by atoms with Crippen molar-refractivity contribution in [1.82, 2.24) is 16.0 Å². The number of alkyl halides is 1. The van der Waals surface area contributed by atoms with Gasteiger partial charge in [0.1, 0.15) is 59.4 Å². The lowest BCUT2D eigenvalue weighted by Gasteiger charge is -2.41. The third kappa shape index (κ3) is 36.0. The zero-order valence-electron chi connectivity index (χ0n) is 78.6. The molecule has 7 fully saturated rings. The number of aliphatic hydroxyl groups excluding tert-OH is 3. The Bertz CT molecular complexity index is 4510. The summed E-state index contributed by atoms with van der Waals surface area (Å²) < 4.78 is 100. The molecule has 3 heterocycles. The molecule has 131 heavy (non-hydrogen) atoms. The molecule has 726 valence electrons. The monoisotopic (exact) mass is 1870 g/mol. The Morgan fingerprint density at radius 3 is 1.27 bits per heavy atom. The molecule has 0 aromatic heterocycles. The summed E-state index contributed by atoms with van der Waals surface area (Å²) in [6.07, 6.45) is 9.19. The van der Waals surface area contributed by atoms with E-state index in [1.165, 1.54) is 39.0 Å². The third-order valence-electron chi connectivity index (χ3n) is 23.9. The molecule has 0 spiro atoms. The number of cyclic esters (lactones) is 3. The van der Waals surface area contributed by atoms with Crippen LogP contribution in [0.2, 0.25) is 18.1 Å². The molecule has 9 N–H and O–H groups in total. The van der Waals surface area contributed by atoms with Gasteiger partial charge in [0.25, 0.3) is 0 Å². The van der Waals surface area contributed by atoms with Crippen molar-refractivity contribution in [3.8, 4) is 0 Å². The van der Waals surface area contributed by atoms with E-state index in [9.17, 15) is 66.5 Å². The zero-order valence-corrected chi connectivity index (χ0v) is 80.4. The third-order valence-corrected chi connectivity index (χ3v) is 28.8. The second kappa shape index (κ2) is 51.6. The van der Waals surface area contributed by atoms with E-state index in [2.05, 4.69) is 66.8 Å². The van der Waals surface area contributed by atoms with Gasteiger partial charge < -0.3 is 74.6 Å². The zero-order chi connectivity index (χ0) is 96.7. The minimum atomic E-state index is -1.82. The van der Waals surface area contributed by atoms with Crippen LogP contribution in [0.3, 0.4) is 0 Å². The first-order chi connectivity index (χ1) is 61.8. The van der Waals surface area contributed by atoms with Crippen LogP contribution in [-0.4, -0.2) is 184 Å². The molecule has 12 rings (SSSR count). The first-order valence-corrected chi connectivity index (χ1v) is 49.2. The standard InChI is InChI=1S/C27H43FN2O5Si.C21H24FNO2.C19H25FN2O4.C16H21FN2O3.C8H16ClNO3.C6H10O3/c1-26(2,3)34-24(31)29-16-21-17-30(25(32)33-21)19-11-14-22(23(28)15-19)18-9-12-20(13-10-18)35-36(7,8)27(4,5)6;1-15-7-9-17(10-8-15)19-12-11-18(13-20(19)22)23-21(24)25-14-16-5-3-2-4-6-16;1-2-18(24)21-10-15-11-22(19(25)26-15)13-5-8-16(17(20)9-13)12-3-6-14(23)7-4-12;17-15-7-11(19-9-13(8-18)22-16(19)21)3-6-14(15)10-1-4-12(20)5-2-10;1-8(2,3)13-7(12)10-5-6(11)4-9;1-3-5(7)9-6(8)4-2/h11,14-15,18,20-21H,9-10,12-13,16-17H2,1-8H3,(H,29,31);2-6,11-13,15,17H,7-10,14H2,1H3,(H,23,24);5,8-9,12,14-15,23H,2-4,6-7,10-11H2,1H3,(H,21,24);3,6-7,10,12-13,20H,1-2,4-5,8-9,18H2;6,11H,4-5H2,1-3H3,(H,10,12);3-4H2,1-2H3/t18?,20?,21-;;12?,14?,15-;10?,12?,13-;6-;/m0.001./s1. The first kappa shape index (κ1) is 108. The summed E-state index contributed by atoms with van der Waals surface area (Å²) in [5.41, 5.74) is 9.86. The lowest BCUT2D eigenvalue weighted by molar-refractivity contribution is -0.159. The average molecular weight is 1880 g/mol. The molecule has 5 aromatic carbocycles. The highest BCUT2D eigenvalue weighted by Crippen LogP contribution is 2.44. The van der Waals surface area contributed by atoms with Gasteiger partial charge in [-0.15, -0.1) is 11.6 Å². The normalized spacial score (nSPS) is 22.2. The number of alkyl carbamates (subject to hydrolysis) is 2. The van der Waals surface area contributed by atoms with Crippen molar-refractivity contribution in [2.24, 2.45) is 11.7 Å². The maximum Gasteiger partial charge on any atom is 0.414 e. The number of nitrogens with zero attached hydrogens (tertiary/aromatic N) is 3. The summed E-state index contributed by atoms with van der Waals surface area (Å²) in [6.45, 7) is 31.0. The number of halogens is 5. The van der Waals surface area contributed by atoms with Crippen molar-refractivity contribution < 1.29 is 114 Å². The van der Waals surface area contributed by atoms with Crippen molar-refractivity contribution in [3.05, 3.63) is 154 Å². The van der Waals surface area contributed by atoms with Crippen LogP contribution in [0.5, 0.6) is 0 Å². The molecule has 0 unspecified atom stereocenters. The van der Waals surface area contributed by atoms with Gasteiger partial charge in [0.05, 0.1) is 74.0 Å². The smallest absolute Gasteiger partial charge is 0.414 e. The molecular formula is C97H139ClF4N8O20Si. The number of anilines is 4. The van der Waals surface area contributed by atoms with Gasteiger partial charge in [-0.25, -0.2) is 46.3 Å². The Kier molecular flexibility index (Phi) is 42.7. The predicted molar refractivity (Wildman–Crippen MR) is 496 cm³/mol. The van der Waals surface area contributed by atoms with Crippen molar-refractivity contribution in [2.45, 2.75) is 314 Å². The van der Waals surface area contributed by atoms with Crippen LogP contribution in [-0.2, 0) is 58.6 Å². The van der Waals surface area contributed by atoms with E-state index >= 15 is 4.39 Å². The van der Waals surface area contributed by atoms with Crippen molar-refractivity contribution in [3.63, 3.8) is 0 Å². The summed E-state index contributed by atoms with van der Waals surface area (Å²) in [5.74, 6) is -0.696. The van der Waals surface area contributed by atoms with Crippen LogP contribution in [0, 0.1) is 29.2 Å². The molecule has 3 saturated heterocycles. The Morgan fingerprint density at radius 1 is 0.511 bits per heavy atom. The number of rotatable bonds is 23. The van der Waals surface area contributed by atoms with Crippen LogP contribution >= 0.6 is 11.6 Å². The van der Waals surface area contributed by atoms with E-state index in [1.54, 1.807) is 111 Å². The maximum atomic E-state index is 15.2. The van der Waals surface area contributed by atoms with Crippen LogP contribution in [0.4, 0.5) is 69.1 Å². The number of nitrogens with two attached hydrogens (primary N) is 1. The molecule has 7 amide bonds. The van der Waals surface area contributed by atoms with Gasteiger partial charge >= 0.3 is 48.5 Å². The molecule has 34 heteroatoms. The Morgan fingerprint density at radius 2 is 0.893 bits per heavy atom. The van der Waals surface area contributed by atoms with Crippen LogP contribution in [0.25, 0.3) is 0 Å². The van der Waals surface area contributed by atoms with Gasteiger partial charge in [-0.1, -0.05) is 116 Å². The molecule has 4 aliphatic carbocycles. The summed E-state index contributed by atoms with van der Waals surface area (Å²) in [5, 5.41) is 38.6. The number of carbonyl (C=O) groups is 9. The van der Waals surface area contributed by atoms with Crippen molar-refractivity contribution in [1.29, 1.82) is 0 Å². The summed E-state index contributed by atoms with van der Waals surface area (Å²) in [4.78, 5) is 107. The fourth-order valence-electron chi connectivity index (χ4n) is 15.5. The minimum Gasteiger partial charge on any atom is -0.444 e. The number of hydrogen-bond donors (Lipinski definition) is 8. The topological polar surface area (TPSA) is 372 Å². The van der Waals surface area contributed by atoms with Gasteiger partial charge in [-0.3, -0.25) is 34.4 Å². The van der Waals surface area contributed by atoms with Crippen molar-refractivity contribution in [2.75, 3.05) is 71.7 Å². The molecule has 7 aliphatic rings.